The monoisotopic (exact) mass is 536 g/mol. The van der Waals surface area contributed by atoms with Gasteiger partial charge >= 0.3 is 0 Å². The van der Waals surface area contributed by atoms with E-state index in [1.54, 1.807) is 24.3 Å². The van der Waals surface area contributed by atoms with Gasteiger partial charge in [0, 0.05) is 29.1 Å². The first-order valence-electron chi connectivity index (χ1n) is 13.6. The summed E-state index contributed by atoms with van der Waals surface area (Å²) in [6.45, 7) is 0. The second kappa shape index (κ2) is 10.6. The summed E-state index contributed by atoms with van der Waals surface area (Å²) in [7, 11) is 0. The van der Waals surface area contributed by atoms with Crippen LogP contribution in [-0.2, 0) is 22.4 Å². The number of amides is 2. The topological polar surface area (TPSA) is 120 Å². The lowest BCUT2D eigenvalue weighted by Gasteiger charge is -2.57. The Hall–Kier alpha value is -3.03. The normalized spacial score (nSPS) is 26.9. The van der Waals surface area contributed by atoms with Crippen molar-refractivity contribution in [3.63, 3.8) is 0 Å². The van der Waals surface area contributed by atoms with E-state index in [9.17, 15) is 14.7 Å². The van der Waals surface area contributed by atoms with E-state index in [1.165, 1.54) is 19.3 Å². The molecule has 202 valence electrons. The largest absolute Gasteiger partial charge is 0.508 e. The van der Waals surface area contributed by atoms with Crippen LogP contribution in [0, 0.1) is 17.8 Å². The molecule has 7 rings (SSSR count). The first-order valence-corrected chi connectivity index (χ1v) is 13.6. The number of phenolic OH excluding ortho intramolecular Hbond substituents is 1. The first kappa shape index (κ1) is 26.6. The number of halogens is 1. The summed E-state index contributed by atoms with van der Waals surface area (Å²) < 4.78 is 0. The minimum atomic E-state index is -0.803. The highest BCUT2D eigenvalue weighted by molar-refractivity contribution is 5.91. The zero-order valence-electron chi connectivity index (χ0n) is 21.5. The predicted octanol–water partition coefficient (Wildman–Crippen LogP) is 3.98. The van der Waals surface area contributed by atoms with Crippen molar-refractivity contribution < 1.29 is 14.7 Å². The van der Waals surface area contributed by atoms with E-state index >= 15 is 0 Å². The van der Waals surface area contributed by atoms with Crippen molar-refractivity contribution in [1.29, 1.82) is 0 Å². The highest BCUT2D eigenvalue weighted by Crippen LogP contribution is 2.55. The van der Waals surface area contributed by atoms with E-state index in [2.05, 4.69) is 15.6 Å². The summed E-state index contributed by atoms with van der Waals surface area (Å²) in [6, 6.07) is 13.2. The van der Waals surface area contributed by atoms with E-state index in [0.717, 1.165) is 41.3 Å². The number of fused-ring (bicyclic) bond motifs is 1. The van der Waals surface area contributed by atoms with Crippen molar-refractivity contribution in [1.82, 2.24) is 15.6 Å². The SMILES string of the molecule is Cl.N[C@@H](Cc1ccc(O)cc1)C(=O)N[C@H](Cc1c[nH]c2ccccc12)C(=O)NC12CC3CC(CC(C3)C1)C2. The Morgan fingerprint density at radius 3 is 2.24 bits per heavy atom. The summed E-state index contributed by atoms with van der Waals surface area (Å²) in [5, 5.41) is 17.0. The summed E-state index contributed by atoms with van der Waals surface area (Å²) in [5.41, 5.74) is 8.99. The van der Waals surface area contributed by atoms with Crippen molar-refractivity contribution in [2.45, 2.75) is 69.0 Å². The number of benzene rings is 2. The molecule has 2 amide bonds. The van der Waals surface area contributed by atoms with Crippen LogP contribution in [0.2, 0.25) is 0 Å². The van der Waals surface area contributed by atoms with Gasteiger partial charge in [0.05, 0.1) is 6.04 Å². The van der Waals surface area contributed by atoms with Gasteiger partial charge in [0.25, 0.3) is 0 Å². The van der Waals surface area contributed by atoms with Gasteiger partial charge in [-0.15, -0.1) is 12.4 Å². The molecule has 0 unspecified atom stereocenters. The molecule has 2 aromatic carbocycles. The van der Waals surface area contributed by atoms with Gasteiger partial charge in [-0.05, 0) is 92.0 Å². The van der Waals surface area contributed by atoms with Crippen LogP contribution < -0.4 is 16.4 Å². The number of para-hydroxylation sites is 1. The van der Waals surface area contributed by atoms with Crippen molar-refractivity contribution in [3.8, 4) is 5.75 Å². The fourth-order valence-electron chi connectivity index (χ4n) is 7.60. The molecule has 6 N–H and O–H groups in total. The van der Waals surface area contributed by atoms with Crippen molar-refractivity contribution in [2.24, 2.45) is 23.5 Å². The molecule has 3 aromatic rings. The zero-order chi connectivity index (χ0) is 25.6. The lowest BCUT2D eigenvalue weighted by Crippen LogP contribution is -2.63. The van der Waals surface area contributed by atoms with Gasteiger partial charge in [0.1, 0.15) is 11.8 Å². The molecule has 38 heavy (non-hydrogen) atoms. The Morgan fingerprint density at radius 1 is 0.947 bits per heavy atom. The number of aromatic nitrogens is 1. The van der Waals surface area contributed by atoms with Crippen molar-refractivity contribution >= 4 is 35.1 Å². The van der Waals surface area contributed by atoms with Crippen LogP contribution in [0.5, 0.6) is 5.75 Å². The number of aromatic amines is 1. The molecular formula is C30H37ClN4O3. The number of carbonyl (C=O) groups excluding carboxylic acids is 2. The molecule has 1 heterocycles. The number of rotatable bonds is 8. The van der Waals surface area contributed by atoms with E-state index in [1.807, 2.05) is 30.5 Å². The summed E-state index contributed by atoms with van der Waals surface area (Å²) in [4.78, 5) is 30.3. The third-order valence-corrected chi connectivity index (χ3v) is 8.89. The number of aromatic hydroxyl groups is 1. The number of nitrogens with one attached hydrogen (secondary N) is 3. The van der Waals surface area contributed by atoms with Crippen LogP contribution >= 0.6 is 12.4 Å². The average Bonchev–Trinajstić information content (AvgIpc) is 3.26. The summed E-state index contributed by atoms with van der Waals surface area (Å²) in [6.07, 6.45) is 9.71. The number of hydrogen-bond acceptors (Lipinski definition) is 4. The molecule has 2 atom stereocenters. The number of H-pyrrole nitrogens is 1. The maximum absolute atomic E-state index is 13.8. The fraction of sp³-hybridized carbons (Fsp3) is 0.467. The van der Waals surface area contributed by atoms with Gasteiger partial charge in [-0.1, -0.05) is 30.3 Å². The Morgan fingerprint density at radius 2 is 1.58 bits per heavy atom. The van der Waals surface area contributed by atoms with Gasteiger partial charge in [-0.2, -0.15) is 0 Å². The summed E-state index contributed by atoms with van der Waals surface area (Å²) >= 11 is 0. The molecule has 0 spiro atoms. The lowest BCUT2D eigenvalue weighted by atomic mass is 9.53. The third-order valence-electron chi connectivity index (χ3n) is 8.89. The minimum absolute atomic E-state index is 0. The number of phenols is 1. The van der Waals surface area contributed by atoms with Gasteiger partial charge in [-0.3, -0.25) is 9.59 Å². The van der Waals surface area contributed by atoms with Crippen molar-refractivity contribution in [3.05, 3.63) is 65.9 Å². The molecule has 4 bridgehead atoms. The van der Waals surface area contributed by atoms with Gasteiger partial charge in [0.15, 0.2) is 0 Å². The number of carbonyl (C=O) groups is 2. The molecule has 0 saturated heterocycles. The molecule has 4 saturated carbocycles. The smallest absolute Gasteiger partial charge is 0.243 e. The standard InChI is InChI=1S/C30H36N4O3.ClH/c31-25(12-18-5-7-23(35)8-6-18)28(36)33-27(13-22-17-32-26-4-2-1-3-24(22)26)29(37)34-30-14-19-9-20(15-30)11-21(10-19)16-30;/h1-8,17,19-21,25,27,32,35H,9-16,31H2,(H,33,36)(H,34,37);1H/t19?,20?,21?,25-,27+,30?;/m0./s1. The molecule has 4 aliphatic rings. The van der Waals surface area contributed by atoms with Crippen LogP contribution in [-0.4, -0.2) is 39.5 Å². The third kappa shape index (κ3) is 5.40. The van der Waals surface area contributed by atoms with E-state index in [0.29, 0.717) is 30.6 Å². The maximum Gasteiger partial charge on any atom is 0.243 e. The highest BCUT2D eigenvalue weighted by Gasteiger charge is 2.52. The molecule has 4 aliphatic carbocycles. The van der Waals surface area contributed by atoms with E-state index < -0.39 is 12.1 Å². The quantitative estimate of drug-likeness (QED) is 0.299. The zero-order valence-corrected chi connectivity index (χ0v) is 22.3. The van der Waals surface area contributed by atoms with E-state index in [-0.39, 0.29) is 35.5 Å². The fourth-order valence-corrected chi connectivity index (χ4v) is 7.60. The van der Waals surface area contributed by atoms with Gasteiger partial charge in [0.2, 0.25) is 11.8 Å². The second-order valence-electron chi connectivity index (χ2n) is 11.8. The van der Waals surface area contributed by atoms with Gasteiger partial charge < -0.3 is 26.5 Å². The first-order chi connectivity index (χ1) is 17.9. The molecule has 4 fully saturated rings. The Balaban J connectivity index is 0.00000294. The van der Waals surface area contributed by atoms with Crippen molar-refractivity contribution in [2.75, 3.05) is 0 Å². The molecular weight excluding hydrogens is 500 g/mol. The van der Waals surface area contributed by atoms with Crippen LogP contribution in [0.4, 0.5) is 0 Å². The molecule has 1 aromatic heterocycles. The lowest BCUT2D eigenvalue weighted by molar-refractivity contribution is -0.133. The van der Waals surface area contributed by atoms with Crippen LogP contribution in [0.1, 0.15) is 49.7 Å². The minimum Gasteiger partial charge on any atom is -0.508 e. The number of nitrogens with two attached hydrogens (primary N) is 1. The molecule has 7 nitrogen and oxygen atoms in total. The predicted molar refractivity (Wildman–Crippen MR) is 150 cm³/mol. The van der Waals surface area contributed by atoms with Crippen LogP contribution in [0.15, 0.2) is 54.7 Å². The highest BCUT2D eigenvalue weighted by atomic mass is 35.5. The maximum atomic E-state index is 13.8. The second-order valence-corrected chi connectivity index (χ2v) is 11.8. The van der Waals surface area contributed by atoms with Gasteiger partial charge in [-0.25, -0.2) is 0 Å². The molecule has 8 heteroatoms. The number of hydrogen-bond donors (Lipinski definition) is 5. The Labute approximate surface area is 229 Å². The molecule has 0 aliphatic heterocycles. The average molecular weight is 537 g/mol. The Bertz CT molecular complexity index is 1270. The van der Waals surface area contributed by atoms with E-state index in [4.69, 9.17) is 5.73 Å². The Kier molecular flexibility index (Phi) is 7.43. The van der Waals surface area contributed by atoms with Crippen LogP contribution in [0.3, 0.4) is 0 Å². The van der Waals surface area contributed by atoms with Crippen LogP contribution in [0.25, 0.3) is 10.9 Å². The molecule has 0 radical (unpaired) electrons. The summed E-state index contributed by atoms with van der Waals surface area (Å²) in [5.74, 6) is 1.85.